The van der Waals surface area contributed by atoms with E-state index in [0.717, 1.165) is 11.8 Å². The molecule has 6 heteroatoms. The summed E-state index contributed by atoms with van der Waals surface area (Å²) in [6.07, 6.45) is 2.12. The Kier molecular flexibility index (Phi) is 6.57. The van der Waals surface area contributed by atoms with Gasteiger partial charge in [-0.2, -0.15) is 0 Å². The fourth-order valence-corrected chi connectivity index (χ4v) is 2.35. The minimum atomic E-state index is -0.963. The van der Waals surface area contributed by atoms with Gasteiger partial charge in [-0.1, -0.05) is 12.1 Å². The zero-order chi connectivity index (χ0) is 17.4. The second-order valence-electron chi connectivity index (χ2n) is 5.22. The minimum Gasteiger partial charge on any atom is -0.492 e. The third kappa shape index (κ3) is 4.96. The number of hydrogen-bond acceptors (Lipinski definition) is 4. The van der Waals surface area contributed by atoms with Gasteiger partial charge in [0, 0.05) is 19.2 Å². The average Bonchev–Trinajstić information content (AvgIpc) is 3.03. The second-order valence-corrected chi connectivity index (χ2v) is 5.22. The summed E-state index contributed by atoms with van der Waals surface area (Å²) in [5.74, 6) is -0.267. The van der Waals surface area contributed by atoms with Crippen molar-refractivity contribution in [1.82, 2.24) is 4.57 Å². The summed E-state index contributed by atoms with van der Waals surface area (Å²) in [5.41, 5.74) is 1.49. The fourth-order valence-electron chi connectivity index (χ4n) is 2.35. The number of carbonyl (C=O) groups is 2. The summed E-state index contributed by atoms with van der Waals surface area (Å²) in [5, 5.41) is 9.09. The van der Waals surface area contributed by atoms with E-state index < -0.39 is 12.1 Å². The number of aliphatic carboxylic acids is 1. The van der Waals surface area contributed by atoms with Crippen molar-refractivity contribution < 1.29 is 24.2 Å². The molecule has 0 fully saturated rings. The number of carbonyl (C=O) groups excluding carboxylic acids is 1. The summed E-state index contributed by atoms with van der Waals surface area (Å²) >= 11 is 0. The van der Waals surface area contributed by atoms with Crippen LogP contribution in [0, 0.1) is 0 Å². The molecule has 2 aromatic rings. The molecular weight excluding hydrogens is 310 g/mol. The summed E-state index contributed by atoms with van der Waals surface area (Å²) < 4.78 is 12.7. The van der Waals surface area contributed by atoms with Crippen molar-refractivity contribution in [3.63, 3.8) is 0 Å². The molecule has 0 aliphatic carbocycles. The molecule has 0 aliphatic heterocycles. The molecule has 1 aromatic heterocycles. The van der Waals surface area contributed by atoms with Gasteiger partial charge in [0.2, 0.25) is 0 Å². The summed E-state index contributed by atoms with van der Waals surface area (Å²) in [4.78, 5) is 21.9. The van der Waals surface area contributed by atoms with Crippen molar-refractivity contribution in [2.75, 3.05) is 13.2 Å². The molecule has 1 heterocycles. The predicted molar refractivity (Wildman–Crippen MR) is 88.5 cm³/mol. The van der Waals surface area contributed by atoms with Crippen molar-refractivity contribution >= 4 is 12.3 Å². The Hall–Kier alpha value is -2.60. The first-order valence-corrected chi connectivity index (χ1v) is 7.80. The molecule has 1 unspecified atom stereocenters. The number of ether oxygens (including phenoxy) is 2. The summed E-state index contributed by atoms with van der Waals surface area (Å²) in [6.45, 7) is 3.15. The van der Waals surface area contributed by atoms with E-state index in [0.29, 0.717) is 37.6 Å². The van der Waals surface area contributed by atoms with Crippen LogP contribution >= 0.6 is 0 Å². The predicted octanol–water partition coefficient (Wildman–Crippen LogP) is 2.41. The van der Waals surface area contributed by atoms with Crippen molar-refractivity contribution in [3.8, 4) is 5.75 Å². The molecule has 0 saturated carbocycles. The highest BCUT2D eigenvalue weighted by Crippen LogP contribution is 2.15. The highest BCUT2D eigenvalue weighted by atomic mass is 16.5. The lowest BCUT2D eigenvalue weighted by atomic mass is 10.1. The number of rotatable bonds is 10. The molecular formula is C18H21NO5. The first-order valence-electron chi connectivity index (χ1n) is 7.80. The van der Waals surface area contributed by atoms with Crippen LogP contribution in [0.3, 0.4) is 0 Å². The Balaban J connectivity index is 1.85. The summed E-state index contributed by atoms with van der Waals surface area (Å²) in [6, 6.07) is 10.8. The van der Waals surface area contributed by atoms with E-state index in [4.69, 9.17) is 14.6 Å². The van der Waals surface area contributed by atoms with Gasteiger partial charge in [-0.3, -0.25) is 4.79 Å². The Morgan fingerprint density at radius 1 is 1.29 bits per heavy atom. The molecule has 2 rings (SSSR count). The zero-order valence-electron chi connectivity index (χ0n) is 13.6. The van der Waals surface area contributed by atoms with E-state index in [1.807, 2.05) is 29.0 Å². The maximum Gasteiger partial charge on any atom is 0.333 e. The van der Waals surface area contributed by atoms with Gasteiger partial charge in [-0.25, -0.2) is 4.79 Å². The van der Waals surface area contributed by atoms with Gasteiger partial charge in [0.1, 0.15) is 12.4 Å². The lowest BCUT2D eigenvalue weighted by Crippen LogP contribution is -2.26. The number of nitrogens with zero attached hydrogens (tertiary/aromatic N) is 1. The maximum absolute atomic E-state index is 11.1. The van der Waals surface area contributed by atoms with E-state index in [1.165, 1.54) is 0 Å². The van der Waals surface area contributed by atoms with Crippen LogP contribution in [0.5, 0.6) is 5.75 Å². The molecule has 0 spiro atoms. The summed E-state index contributed by atoms with van der Waals surface area (Å²) in [7, 11) is 0. The van der Waals surface area contributed by atoms with E-state index in [-0.39, 0.29) is 0 Å². The SMILES string of the molecule is CCOC(Cc1ccc(OCCn2cccc2C=O)cc1)C(=O)O. The molecule has 24 heavy (non-hydrogen) atoms. The van der Waals surface area contributed by atoms with Gasteiger partial charge in [-0.05, 0) is 36.8 Å². The van der Waals surface area contributed by atoms with E-state index >= 15 is 0 Å². The monoisotopic (exact) mass is 331 g/mol. The van der Waals surface area contributed by atoms with Crippen LogP contribution in [-0.2, 0) is 22.5 Å². The third-order valence-electron chi connectivity index (χ3n) is 3.57. The third-order valence-corrected chi connectivity index (χ3v) is 3.57. The lowest BCUT2D eigenvalue weighted by molar-refractivity contribution is -0.149. The van der Waals surface area contributed by atoms with Gasteiger partial charge in [0.05, 0.1) is 12.2 Å². The van der Waals surface area contributed by atoms with Crippen LogP contribution < -0.4 is 4.74 Å². The van der Waals surface area contributed by atoms with Crippen molar-refractivity contribution in [1.29, 1.82) is 0 Å². The maximum atomic E-state index is 11.1. The molecule has 0 radical (unpaired) electrons. The number of hydrogen-bond donors (Lipinski definition) is 1. The average molecular weight is 331 g/mol. The first-order chi connectivity index (χ1) is 11.6. The van der Waals surface area contributed by atoms with Crippen LogP contribution in [0.15, 0.2) is 42.6 Å². The Morgan fingerprint density at radius 3 is 2.67 bits per heavy atom. The molecule has 0 saturated heterocycles. The molecule has 0 aliphatic rings. The van der Waals surface area contributed by atoms with Crippen molar-refractivity contribution in [2.24, 2.45) is 0 Å². The number of aldehydes is 1. The molecule has 0 amide bonds. The topological polar surface area (TPSA) is 77.8 Å². The first kappa shape index (κ1) is 17.7. The fraction of sp³-hybridized carbons (Fsp3) is 0.333. The Bertz CT molecular complexity index is 662. The largest absolute Gasteiger partial charge is 0.492 e. The van der Waals surface area contributed by atoms with Gasteiger partial charge in [0.15, 0.2) is 12.4 Å². The Labute approximate surface area is 140 Å². The van der Waals surface area contributed by atoms with Crippen molar-refractivity contribution in [2.45, 2.75) is 26.0 Å². The molecule has 6 nitrogen and oxygen atoms in total. The van der Waals surface area contributed by atoms with E-state index in [1.54, 1.807) is 25.1 Å². The second kappa shape index (κ2) is 8.88. The quantitative estimate of drug-likeness (QED) is 0.677. The number of carboxylic acid groups (broad SMARTS) is 1. The van der Waals surface area contributed by atoms with Gasteiger partial charge in [0.25, 0.3) is 0 Å². The normalized spacial score (nSPS) is 11.9. The van der Waals surface area contributed by atoms with Crippen LogP contribution in [0.25, 0.3) is 0 Å². The molecule has 1 N–H and O–H groups in total. The van der Waals surface area contributed by atoms with Crippen LogP contribution in [0.1, 0.15) is 23.0 Å². The highest BCUT2D eigenvalue weighted by Gasteiger charge is 2.17. The Morgan fingerprint density at radius 2 is 2.04 bits per heavy atom. The number of benzene rings is 1. The number of carboxylic acids is 1. The van der Waals surface area contributed by atoms with E-state index in [2.05, 4.69) is 0 Å². The zero-order valence-corrected chi connectivity index (χ0v) is 13.6. The van der Waals surface area contributed by atoms with Crippen LogP contribution in [0.4, 0.5) is 0 Å². The highest BCUT2D eigenvalue weighted by molar-refractivity contribution is 5.73. The van der Waals surface area contributed by atoms with Crippen LogP contribution in [0.2, 0.25) is 0 Å². The standard InChI is InChI=1S/C18H21NO5/c1-2-23-17(18(21)22)12-14-5-7-16(8-6-14)24-11-10-19-9-3-4-15(19)13-20/h3-9,13,17H,2,10-12H2,1H3,(H,21,22). The molecule has 1 aromatic carbocycles. The van der Waals surface area contributed by atoms with Gasteiger partial charge < -0.3 is 19.1 Å². The molecule has 0 bridgehead atoms. The van der Waals surface area contributed by atoms with E-state index in [9.17, 15) is 9.59 Å². The lowest BCUT2D eigenvalue weighted by Gasteiger charge is -2.13. The van der Waals surface area contributed by atoms with Gasteiger partial charge >= 0.3 is 5.97 Å². The number of aromatic nitrogens is 1. The van der Waals surface area contributed by atoms with Crippen molar-refractivity contribution in [3.05, 3.63) is 53.9 Å². The van der Waals surface area contributed by atoms with Gasteiger partial charge in [-0.15, -0.1) is 0 Å². The minimum absolute atomic E-state index is 0.315. The molecule has 1 atom stereocenters. The molecule has 128 valence electrons. The smallest absolute Gasteiger partial charge is 0.333 e. The van der Waals surface area contributed by atoms with Crippen LogP contribution in [-0.4, -0.2) is 41.2 Å².